The second-order valence-corrected chi connectivity index (χ2v) is 8.05. The number of nitrogens with zero attached hydrogens (tertiary/aromatic N) is 3. The molecule has 2 aliphatic heterocycles. The van der Waals surface area contributed by atoms with Gasteiger partial charge in [-0.25, -0.2) is 4.39 Å². The summed E-state index contributed by atoms with van der Waals surface area (Å²) in [6.45, 7) is 3.87. The van der Waals surface area contributed by atoms with Gasteiger partial charge in [0.05, 0.1) is 16.3 Å². The van der Waals surface area contributed by atoms with Crippen molar-refractivity contribution in [2.45, 2.75) is 19.1 Å². The largest absolute Gasteiger partial charge is 0.382 e. The number of carbonyl (C=O) groups excluding carboxylic acids is 1. The fraction of sp³-hybridized carbons (Fsp3) is 0.368. The number of hydrogen-bond donors (Lipinski definition) is 0. The van der Waals surface area contributed by atoms with Crippen molar-refractivity contribution in [3.05, 3.63) is 57.0 Å². The molecule has 1 amide bonds. The molecule has 0 N–H and O–H groups in total. The predicted molar refractivity (Wildman–Crippen MR) is 104 cm³/mol. The molecule has 2 aromatic rings. The lowest BCUT2D eigenvalue weighted by Gasteiger charge is -2.35. The van der Waals surface area contributed by atoms with E-state index in [9.17, 15) is 9.18 Å². The van der Waals surface area contributed by atoms with Crippen molar-refractivity contribution >= 4 is 34.6 Å². The van der Waals surface area contributed by atoms with Crippen LogP contribution < -0.4 is 0 Å². The molecule has 1 saturated heterocycles. The van der Waals surface area contributed by atoms with Crippen molar-refractivity contribution < 1.29 is 14.0 Å². The summed E-state index contributed by atoms with van der Waals surface area (Å²) in [5, 5.41) is 6.27. The molecule has 0 spiro atoms. The summed E-state index contributed by atoms with van der Waals surface area (Å²) in [5.41, 5.74) is 0.600. The normalized spacial score (nSPS) is 20.4. The number of thiophene rings is 1. The van der Waals surface area contributed by atoms with Gasteiger partial charge < -0.3 is 9.74 Å². The van der Waals surface area contributed by atoms with E-state index in [1.165, 1.54) is 17.0 Å². The summed E-state index contributed by atoms with van der Waals surface area (Å²) in [6, 6.07) is 8.64. The second kappa shape index (κ2) is 7.96. The Balaban J connectivity index is 1.33. The minimum atomic E-state index is -0.709. The van der Waals surface area contributed by atoms with Crippen molar-refractivity contribution in [3.8, 4) is 0 Å². The van der Waals surface area contributed by atoms with Crippen LogP contribution in [0.2, 0.25) is 5.02 Å². The quantitative estimate of drug-likeness (QED) is 0.780. The van der Waals surface area contributed by atoms with Gasteiger partial charge in [-0.1, -0.05) is 28.9 Å². The van der Waals surface area contributed by atoms with E-state index in [2.05, 4.69) is 27.6 Å². The number of rotatable bonds is 4. The molecule has 0 bridgehead atoms. The Hall–Kier alpha value is -1.96. The first-order valence-electron chi connectivity index (χ1n) is 8.82. The van der Waals surface area contributed by atoms with Gasteiger partial charge in [0.25, 0.3) is 5.91 Å². The number of benzene rings is 1. The van der Waals surface area contributed by atoms with Crippen LogP contribution in [0.1, 0.15) is 16.9 Å². The molecule has 0 saturated carbocycles. The van der Waals surface area contributed by atoms with Crippen LogP contribution in [0, 0.1) is 5.82 Å². The number of halogens is 2. The van der Waals surface area contributed by atoms with Crippen molar-refractivity contribution in [3.63, 3.8) is 0 Å². The molecule has 3 heterocycles. The highest BCUT2D eigenvalue weighted by molar-refractivity contribution is 7.09. The third-order valence-corrected chi connectivity index (χ3v) is 6.02. The van der Waals surface area contributed by atoms with E-state index in [1.54, 1.807) is 22.3 Å². The smallest absolute Gasteiger partial charge is 0.266 e. The van der Waals surface area contributed by atoms with Crippen LogP contribution in [-0.2, 0) is 16.2 Å². The molecule has 0 radical (unpaired) electrons. The van der Waals surface area contributed by atoms with Crippen LogP contribution in [0.15, 0.2) is 40.9 Å². The fourth-order valence-electron chi connectivity index (χ4n) is 3.38. The lowest BCUT2D eigenvalue weighted by molar-refractivity contribution is -0.143. The summed E-state index contributed by atoms with van der Waals surface area (Å²) in [5.74, 6) is -0.558. The van der Waals surface area contributed by atoms with E-state index in [4.69, 9.17) is 16.4 Å². The molecule has 8 heteroatoms. The summed E-state index contributed by atoms with van der Waals surface area (Å²) in [4.78, 5) is 23.5. The first kappa shape index (κ1) is 18.4. The lowest BCUT2D eigenvalue weighted by Crippen LogP contribution is -2.51. The van der Waals surface area contributed by atoms with Crippen molar-refractivity contribution in [1.82, 2.24) is 9.80 Å². The van der Waals surface area contributed by atoms with Gasteiger partial charge in [-0.3, -0.25) is 9.69 Å². The Morgan fingerprint density at radius 2 is 2.07 bits per heavy atom. The van der Waals surface area contributed by atoms with Crippen LogP contribution in [0.5, 0.6) is 0 Å². The van der Waals surface area contributed by atoms with E-state index in [0.717, 1.165) is 19.6 Å². The number of oxime groups is 1. The maximum atomic E-state index is 14.1. The maximum Gasteiger partial charge on any atom is 0.266 e. The summed E-state index contributed by atoms with van der Waals surface area (Å²) >= 11 is 7.83. The first-order chi connectivity index (χ1) is 13.1. The van der Waals surface area contributed by atoms with Gasteiger partial charge in [0.15, 0.2) is 0 Å². The predicted octanol–water partition coefficient (Wildman–Crippen LogP) is 3.38. The minimum absolute atomic E-state index is 0.100. The highest BCUT2D eigenvalue weighted by atomic mass is 35.5. The zero-order valence-corrected chi connectivity index (χ0v) is 16.2. The zero-order valence-electron chi connectivity index (χ0n) is 14.6. The average molecular weight is 408 g/mol. The molecular formula is C19H19ClFN3O2S. The van der Waals surface area contributed by atoms with E-state index >= 15 is 0 Å². The van der Waals surface area contributed by atoms with Gasteiger partial charge in [0, 0.05) is 44.0 Å². The molecule has 1 aromatic carbocycles. The van der Waals surface area contributed by atoms with E-state index < -0.39 is 11.9 Å². The number of carbonyl (C=O) groups is 1. The van der Waals surface area contributed by atoms with Crippen LogP contribution in [0.3, 0.4) is 0 Å². The summed E-state index contributed by atoms with van der Waals surface area (Å²) < 4.78 is 14.1. The molecule has 1 fully saturated rings. The molecule has 4 rings (SSSR count). The number of hydrogen-bond acceptors (Lipinski definition) is 5. The van der Waals surface area contributed by atoms with E-state index in [1.807, 2.05) is 0 Å². The first-order valence-corrected chi connectivity index (χ1v) is 10.1. The molecule has 1 atom stereocenters. The van der Waals surface area contributed by atoms with Crippen molar-refractivity contribution in [2.24, 2.45) is 5.16 Å². The van der Waals surface area contributed by atoms with Gasteiger partial charge in [0.1, 0.15) is 5.82 Å². The second-order valence-electron chi connectivity index (χ2n) is 6.61. The molecular weight excluding hydrogens is 389 g/mol. The molecule has 27 heavy (non-hydrogen) atoms. The highest BCUT2D eigenvalue weighted by Gasteiger charge is 2.35. The van der Waals surface area contributed by atoms with Gasteiger partial charge in [-0.15, -0.1) is 11.3 Å². The average Bonchev–Trinajstić information content (AvgIpc) is 3.34. The fourth-order valence-corrected chi connectivity index (χ4v) is 4.40. The van der Waals surface area contributed by atoms with E-state index in [-0.39, 0.29) is 22.9 Å². The minimum Gasteiger partial charge on any atom is -0.382 e. The molecule has 142 valence electrons. The van der Waals surface area contributed by atoms with Gasteiger partial charge in [-0.2, -0.15) is 0 Å². The standard InChI is InChI=1S/C19H19ClFN3O2S/c20-14-4-1-5-15(21)18(14)16-11-17(26-22-16)19(25)24-8-6-23(7-9-24)12-13-3-2-10-27-13/h1-5,10,17H,6-9,11-12H2. The Bertz CT molecular complexity index is 830. The van der Waals surface area contributed by atoms with Gasteiger partial charge in [0.2, 0.25) is 6.10 Å². The van der Waals surface area contributed by atoms with Crippen LogP contribution in [0.4, 0.5) is 4.39 Å². The summed E-state index contributed by atoms with van der Waals surface area (Å²) in [7, 11) is 0. The molecule has 5 nitrogen and oxygen atoms in total. The zero-order chi connectivity index (χ0) is 18.8. The number of piperazine rings is 1. The third kappa shape index (κ3) is 4.00. The third-order valence-electron chi connectivity index (χ3n) is 4.84. The maximum absolute atomic E-state index is 14.1. The molecule has 1 aromatic heterocycles. The Morgan fingerprint density at radius 1 is 1.26 bits per heavy atom. The Kier molecular flexibility index (Phi) is 5.43. The van der Waals surface area contributed by atoms with Gasteiger partial charge in [-0.05, 0) is 23.6 Å². The van der Waals surface area contributed by atoms with E-state index in [0.29, 0.717) is 18.8 Å². The highest BCUT2D eigenvalue weighted by Crippen LogP contribution is 2.26. The van der Waals surface area contributed by atoms with Crippen molar-refractivity contribution in [1.29, 1.82) is 0 Å². The van der Waals surface area contributed by atoms with Gasteiger partial charge >= 0.3 is 0 Å². The Morgan fingerprint density at radius 3 is 2.78 bits per heavy atom. The van der Waals surface area contributed by atoms with Crippen LogP contribution in [-0.4, -0.2) is 53.7 Å². The summed E-state index contributed by atoms with van der Waals surface area (Å²) in [6.07, 6.45) is -0.478. The topological polar surface area (TPSA) is 45.1 Å². The van der Waals surface area contributed by atoms with Crippen LogP contribution in [0.25, 0.3) is 0 Å². The lowest BCUT2D eigenvalue weighted by atomic mass is 10.0. The number of amides is 1. The SMILES string of the molecule is O=C(C1CC(c2c(F)cccc2Cl)=NO1)N1CCN(Cc2cccs2)CC1. The molecule has 2 aliphatic rings. The van der Waals surface area contributed by atoms with Crippen LogP contribution >= 0.6 is 22.9 Å². The Labute approximate surface area is 166 Å². The monoisotopic (exact) mass is 407 g/mol. The molecule has 0 aliphatic carbocycles. The van der Waals surface area contributed by atoms with Crippen molar-refractivity contribution in [2.75, 3.05) is 26.2 Å². The molecule has 1 unspecified atom stereocenters.